The van der Waals surface area contributed by atoms with Crippen LogP contribution in [0, 0.1) is 0 Å². The summed E-state index contributed by atoms with van der Waals surface area (Å²) < 4.78 is 11.4. The normalized spacial score (nSPS) is 17.7. The molecule has 1 aliphatic heterocycles. The molecule has 1 aliphatic carbocycles. The third-order valence-electron chi connectivity index (χ3n) is 10.6. The van der Waals surface area contributed by atoms with Gasteiger partial charge in [0.2, 0.25) is 5.91 Å². The summed E-state index contributed by atoms with van der Waals surface area (Å²) in [5, 5.41) is 3.22. The fraction of sp³-hybridized carbons (Fsp3) is 0.405. The van der Waals surface area contributed by atoms with E-state index >= 15 is 0 Å². The maximum Gasteiger partial charge on any atom is 0.220 e. The van der Waals surface area contributed by atoms with E-state index in [2.05, 4.69) is 95.1 Å². The lowest BCUT2D eigenvalue weighted by atomic mass is 9.68. The summed E-state index contributed by atoms with van der Waals surface area (Å²) in [6, 6.07) is 39.1. The zero-order valence-electron chi connectivity index (χ0n) is 28.4. The van der Waals surface area contributed by atoms with E-state index in [0.717, 1.165) is 89.0 Å². The fourth-order valence-corrected chi connectivity index (χ4v) is 8.00. The first-order chi connectivity index (χ1) is 23.1. The van der Waals surface area contributed by atoms with Crippen LogP contribution in [-0.2, 0) is 34.2 Å². The Bertz CT molecular complexity index is 1520. The van der Waals surface area contributed by atoms with E-state index in [4.69, 9.17) is 9.47 Å². The molecule has 0 radical (unpaired) electrons. The van der Waals surface area contributed by atoms with Crippen LogP contribution >= 0.6 is 12.4 Å². The molecule has 2 aliphatic rings. The topological polar surface area (TPSA) is 50.8 Å². The van der Waals surface area contributed by atoms with Gasteiger partial charge in [-0.05, 0) is 97.9 Å². The molecule has 1 fully saturated rings. The summed E-state index contributed by atoms with van der Waals surface area (Å²) in [5.74, 6) is 0.945. The van der Waals surface area contributed by atoms with Gasteiger partial charge in [-0.1, -0.05) is 97.1 Å². The number of nitrogens with zero attached hydrogens (tertiary/aromatic N) is 1. The van der Waals surface area contributed by atoms with Crippen molar-refractivity contribution < 1.29 is 14.3 Å². The lowest BCUT2D eigenvalue weighted by Gasteiger charge is -2.50. The summed E-state index contributed by atoms with van der Waals surface area (Å²) in [4.78, 5) is 15.6. The average Bonchev–Trinajstić information content (AvgIpc) is 3.13. The van der Waals surface area contributed by atoms with Crippen LogP contribution in [0.2, 0.25) is 0 Å². The monoisotopic (exact) mass is 666 g/mol. The summed E-state index contributed by atoms with van der Waals surface area (Å²) in [7, 11) is 1.67. The predicted octanol–water partition coefficient (Wildman–Crippen LogP) is 7.97. The molecule has 48 heavy (non-hydrogen) atoms. The highest BCUT2D eigenvalue weighted by Gasteiger charge is 2.42. The maximum absolute atomic E-state index is 12.8. The molecule has 6 heteroatoms. The lowest BCUT2D eigenvalue weighted by Crippen LogP contribution is -2.59. The maximum atomic E-state index is 12.8. The molecule has 1 N–H and O–H groups in total. The van der Waals surface area contributed by atoms with Gasteiger partial charge in [0.05, 0.1) is 20.3 Å². The number of aryl methyl sites for hydroxylation is 2. The van der Waals surface area contributed by atoms with Crippen LogP contribution in [0.15, 0.2) is 109 Å². The Morgan fingerprint density at radius 3 is 2.19 bits per heavy atom. The second-order valence-electron chi connectivity index (χ2n) is 13.4. The second-order valence-corrected chi connectivity index (χ2v) is 13.4. The van der Waals surface area contributed by atoms with Crippen molar-refractivity contribution in [1.82, 2.24) is 10.2 Å². The summed E-state index contributed by atoms with van der Waals surface area (Å²) >= 11 is 0. The van der Waals surface area contributed by atoms with Crippen LogP contribution in [0.5, 0.6) is 5.75 Å². The van der Waals surface area contributed by atoms with Crippen LogP contribution in [0.25, 0.3) is 0 Å². The van der Waals surface area contributed by atoms with Gasteiger partial charge in [-0.25, -0.2) is 0 Å². The van der Waals surface area contributed by atoms with E-state index in [-0.39, 0.29) is 29.3 Å². The smallest absolute Gasteiger partial charge is 0.220 e. The van der Waals surface area contributed by atoms with Crippen molar-refractivity contribution in [2.45, 2.75) is 68.7 Å². The van der Waals surface area contributed by atoms with Gasteiger partial charge in [0, 0.05) is 30.5 Å². The second kappa shape index (κ2) is 17.1. The van der Waals surface area contributed by atoms with E-state index in [1.54, 1.807) is 7.11 Å². The molecule has 0 aromatic heterocycles. The van der Waals surface area contributed by atoms with E-state index in [0.29, 0.717) is 13.0 Å². The first-order valence-corrected chi connectivity index (χ1v) is 17.5. The zero-order valence-corrected chi connectivity index (χ0v) is 29.2. The molecular weight excluding hydrogens is 616 g/mol. The largest absolute Gasteiger partial charge is 0.497 e. The Kier molecular flexibility index (Phi) is 12.7. The molecular formula is C42H51ClN2O3. The molecule has 6 rings (SSSR count). The van der Waals surface area contributed by atoms with Gasteiger partial charge < -0.3 is 14.8 Å². The van der Waals surface area contributed by atoms with Crippen molar-refractivity contribution in [3.63, 3.8) is 0 Å². The highest BCUT2D eigenvalue weighted by Crippen LogP contribution is 2.42. The number of carbonyl (C=O) groups excluding carboxylic acids is 1. The number of ether oxygens (including phenoxy) is 2. The van der Waals surface area contributed by atoms with E-state index < -0.39 is 0 Å². The van der Waals surface area contributed by atoms with Crippen molar-refractivity contribution in [2.75, 3.05) is 40.0 Å². The number of rotatable bonds is 14. The number of methoxy groups -OCH3 is 1. The number of hydrogen-bond donors (Lipinski definition) is 1. The van der Waals surface area contributed by atoms with Crippen LogP contribution < -0.4 is 10.1 Å². The predicted molar refractivity (Wildman–Crippen MR) is 197 cm³/mol. The molecule has 5 nitrogen and oxygen atoms in total. The number of amides is 1. The number of morpholine rings is 1. The van der Waals surface area contributed by atoms with Crippen molar-refractivity contribution in [2.24, 2.45) is 0 Å². The number of carbonyl (C=O) groups is 1. The van der Waals surface area contributed by atoms with Gasteiger partial charge in [0.15, 0.2) is 0 Å². The number of nitrogens with one attached hydrogen (secondary N) is 1. The quantitative estimate of drug-likeness (QED) is 0.139. The molecule has 4 aromatic carbocycles. The van der Waals surface area contributed by atoms with Crippen molar-refractivity contribution in [3.8, 4) is 5.75 Å². The van der Waals surface area contributed by atoms with Crippen molar-refractivity contribution >= 4 is 18.3 Å². The Morgan fingerprint density at radius 2 is 1.50 bits per heavy atom. The van der Waals surface area contributed by atoms with Crippen molar-refractivity contribution in [3.05, 3.63) is 137 Å². The number of fused-ring (bicyclic) bond motifs is 1. The van der Waals surface area contributed by atoms with Crippen LogP contribution in [0.3, 0.4) is 0 Å². The van der Waals surface area contributed by atoms with Gasteiger partial charge in [-0.3, -0.25) is 9.69 Å². The number of halogens is 1. The minimum Gasteiger partial charge on any atom is -0.497 e. The summed E-state index contributed by atoms with van der Waals surface area (Å²) in [5.41, 5.74) is 6.82. The summed E-state index contributed by atoms with van der Waals surface area (Å²) in [6.07, 6.45) is 8.60. The molecule has 0 saturated carbocycles. The van der Waals surface area contributed by atoms with Gasteiger partial charge in [0.1, 0.15) is 5.75 Å². The van der Waals surface area contributed by atoms with Gasteiger partial charge >= 0.3 is 0 Å². The van der Waals surface area contributed by atoms with Crippen LogP contribution in [0.4, 0.5) is 0 Å². The van der Waals surface area contributed by atoms with Crippen LogP contribution in [-0.4, -0.2) is 56.3 Å². The fourth-order valence-electron chi connectivity index (χ4n) is 8.00. The van der Waals surface area contributed by atoms with Crippen LogP contribution in [0.1, 0.15) is 66.3 Å². The van der Waals surface area contributed by atoms with E-state index in [9.17, 15) is 4.79 Å². The van der Waals surface area contributed by atoms with Gasteiger partial charge in [-0.15, -0.1) is 12.4 Å². The Morgan fingerprint density at radius 1 is 0.854 bits per heavy atom. The third kappa shape index (κ3) is 8.49. The van der Waals surface area contributed by atoms with E-state index in [1.165, 1.54) is 22.3 Å². The molecule has 4 aromatic rings. The van der Waals surface area contributed by atoms with Crippen molar-refractivity contribution in [1.29, 1.82) is 0 Å². The highest BCUT2D eigenvalue weighted by molar-refractivity contribution is 5.85. The molecule has 0 bridgehead atoms. The molecule has 1 unspecified atom stereocenters. The molecule has 1 saturated heterocycles. The lowest BCUT2D eigenvalue weighted by molar-refractivity contribution is -0.121. The number of benzene rings is 4. The van der Waals surface area contributed by atoms with Gasteiger partial charge in [-0.2, -0.15) is 0 Å². The first-order valence-electron chi connectivity index (χ1n) is 17.5. The standard InChI is InChI=1S/C42H50N2O3.ClH/c1-46-39-21-18-34(19-22-39)20-23-40(45)43-28-10-25-42(37-14-4-2-5-15-37,38-16-6-3-7-17-38)26-11-29-44-30-31-47-33-41(44)27-24-35-12-8-9-13-36(35)32-41;/h2-9,12-19,21-22H,10-11,20,23-33H2,1H3,(H,43,45);1H. The Hall–Kier alpha value is -3.64. The van der Waals surface area contributed by atoms with E-state index in [1.807, 2.05) is 24.3 Å². The Labute approximate surface area is 293 Å². The average molecular weight is 667 g/mol. The number of hydrogen-bond acceptors (Lipinski definition) is 4. The molecule has 1 spiro atoms. The summed E-state index contributed by atoms with van der Waals surface area (Å²) in [6.45, 7) is 4.37. The molecule has 1 heterocycles. The highest BCUT2D eigenvalue weighted by atomic mass is 35.5. The third-order valence-corrected chi connectivity index (χ3v) is 10.6. The minimum atomic E-state index is -0.130. The first kappa shape index (κ1) is 35.7. The minimum absolute atomic E-state index is 0. The molecule has 254 valence electrons. The molecule has 1 atom stereocenters. The zero-order chi connectivity index (χ0) is 32.4. The molecule has 1 amide bonds. The SMILES string of the molecule is COc1ccc(CCC(=O)NCCCC(CCCN2CCOCC23CCc2ccccc2C3)(c2ccccc2)c2ccccc2)cc1.Cl. The van der Waals surface area contributed by atoms with Gasteiger partial charge in [0.25, 0.3) is 0 Å². The Balaban J connectivity index is 0.00000451.